The van der Waals surface area contributed by atoms with Crippen LogP contribution in [0.5, 0.6) is 0 Å². The summed E-state index contributed by atoms with van der Waals surface area (Å²) in [5, 5.41) is 28.4. The van der Waals surface area contributed by atoms with E-state index in [-0.39, 0.29) is 30.8 Å². The van der Waals surface area contributed by atoms with E-state index in [4.69, 9.17) is 14.2 Å². The van der Waals surface area contributed by atoms with E-state index in [0.717, 1.165) is 36.9 Å². The number of H-pyrrole nitrogens is 1. The number of hydrogen-bond acceptors (Lipinski definition) is 7. The standard InChI is InChI=1S/C36H46N2O7/c1-31(2)30-25(39)18-26-35(44-30,45-31)15-14-32(3)33(4)21(16-23-22-10-6-7-11-24(22)38-29(23)33)17-27(36(26,32)42)43-19-28(40)37-20-34(41)12-8-5-9-13-34/h6-7,10-11,18,21,27,30,38,41-42H,5,8-9,12-17,19-20H2,1-4H3,(H,37,40)/t21-,27+,30+,32-,33-,35?,36+/m1/s1. The summed E-state index contributed by atoms with van der Waals surface area (Å²) in [5.74, 6) is -1.66. The van der Waals surface area contributed by atoms with E-state index in [1.165, 1.54) is 10.9 Å². The van der Waals surface area contributed by atoms with Crippen molar-refractivity contribution < 1.29 is 34.0 Å². The summed E-state index contributed by atoms with van der Waals surface area (Å²) in [6.45, 7) is 8.03. The lowest BCUT2D eigenvalue weighted by molar-refractivity contribution is -0.279. The van der Waals surface area contributed by atoms with Gasteiger partial charge in [0.1, 0.15) is 17.8 Å². The largest absolute Gasteiger partial charge is 0.388 e. The summed E-state index contributed by atoms with van der Waals surface area (Å²) in [6.07, 6.45) is 6.76. The van der Waals surface area contributed by atoms with Gasteiger partial charge in [0.2, 0.25) is 5.91 Å². The normalized spacial score (nSPS) is 40.7. The monoisotopic (exact) mass is 618 g/mol. The predicted molar refractivity (Wildman–Crippen MR) is 166 cm³/mol. The van der Waals surface area contributed by atoms with Crippen molar-refractivity contribution in [3.8, 4) is 0 Å². The van der Waals surface area contributed by atoms with Crippen molar-refractivity contribution in [3.05, 3.63) is 47.2 Å². The molecule has 3 heterocycles. The number of rotatable bonds is 5. The number of aromatic amines is 1. The topological polar surface area (TPSA) is 130 Å². The third kappa shape index (κ3) is 3.85. The van der Waals surface area contributed by atoms with Gasteiger partial charge in [-0.25, -0.2) is 0 Å². The molecule has 9 heteroatoms. The van der Waals surface area contributed by atoms with Crippen molar-refractivity contribution in [2.75, 3.05) is 13.2 Å². The second kappa shape index (κ2) is 9.50. The molecule has 1 aromatic carbocycles. The van der Waals surface area contributed by atoms with E-state index in [0.29, 0.717) is 37.7 Å². The van der Waals surface area contributed by atoms with Crippen LogP contribution in [0.1, 0.15) is 90.3 Å². The van der Waals surface area contributed by atoms with Gasteiger partial charge >= 0.3 is 0 Å². The summed E-state index contributed by atoms with van der Waals surface area (Å²) in [5.41, 5.74) is -0.791. The molecule has 3 saturated carbocycles. The molecule has 2 aliphatic heterocycles. The Morgan fingerprint density at radius 3 is 2.60 bits per heavy atom. The predicted octanol–water partition coefficient (Wildman–Crippen LogP) is 4.13. The maximum Gasteiger partial charge on any atom is 0.246 e. The minimum atomic E-state index is -1.67. The van der Waals surface area contributed by atoms with Crippen LogP contribution in [0, 0.1) is 11.3 Å². The van der Waals surface area contributed by atoms with Gasteiger partial charge in [0.15, 0.2) is 17.7 Å². The van der Waals surface area contributed by atoms with Crippen molar-refractivity contribution in [1.29, 1.82) is 0 Å². The fourth-order valence-corrected chi connectivity index (χ4v) is 10.5. The maximum atomic E-state index is 13.6. The number of carbonyl (C=O) groups is 2. The van der Waals surface area contributed by atoms with E-state index in [1.54, 1.807) is 6.08 Å². The van der Waals surface area contributed by atoms with Gasteiger partial charge in [-0.15, -0.1) is 0 Å². The summed E-state index contributed by atoms with van der Waals surface area (Å²) in [7, 11) is 0. The lowest BCUT2D eigenvalue weighted by Gasteiger charge is -2.67. The molecule has 2 aromatic rings. The number of carbonyl (C=O) groups excluding carboxylic acids is 2. The second-order valence-electron chi connectivity index (χ2n) is 15.7. The average molecular weight is 619 g/mol. The van der Waals surface area contributed by atoms with E-state index in [1.807, 2.05) is 19.9 Å². The highest BCUT2D eigenvalue weighted by atomic mass is 16.8. The fourth-order valence-electron chi connectivity index (χ4n) is 10.5. The van der Waals surface area contributed by atoms with E-state index in [9.17, 15) is 19.8 Å². The van der Waals surface area contributed by atoms with Crippen LogP contribution in [-0.4, -0.2) is 74.8 Å². The fraction of sp³-hybridized carbons (Fsp3) is 0.667. The molecule has 6 aliphatic rings. The molecule has 45 heavy (non-hydrogen) atoms. The Balaban J connectivity index is 1.18. The average Bonchev–Trinajstić information content (AvgIpc) is 3.59. The van der Waals surface area contributed by atoms with Gasteiger partial charge in [0, 0.05) is 46.0 Å². The molecule has 8 rings (SSSR count). The van der Waals surface area contributed by atoms with Crippen LogP contribution >= 0.6 is 0 Å². The number of nitrogens with one attached hydrogen (secondary N) is 2. The van der Waals surface area contributed by atoms with Crippen LogP contribution in [0.25, 0.3) is 10.9 Å². The minimum Gasteiger partial charge on any atom is -0.388 e. The smallest absolute Gasteiger partial charge is 0.246 e. The highest BCUT2D eigenvalue weighted by Crippen LogP contribution is 2.72. The van der Waals surface area contributed by atoms with Gasteiger partial charge in [0.05, 0.1) is 11.7 Å². The molecule has 242 valence electrons. The van der Waals surface area contributed by atoms with Gasteiger partial charge in [-0.05, 0) is 69.6 Å². The summed E-state index contributed by atoms with van der Waals surface area (Å²) in [4.78, 5) is 30.5. The quantitative estimate of drug-likeness (QED) is 0.397. The van der Waals surface area contributed by atoms with Crippen LogP contribution in [-0.2, 0) is 35.6 Å². The number of ether oxygens (including phenoxy) is 3. The third-order valence-corrected chi connectivity index (χ3v) is 13.1. The van der Waals surface area contributed by atoms with Crippen LogP contribution in [0.3, 0.4) is 0 Å². The van der Waals surface area contributed by atoms with Crippen molar-refractivity contribution in [2.24, 2.45) is 11.3 Å². The molecule has 7 atom stereocenters. The first kappa shape index (κ1) is 29.8. The molecule has 1 amide bonds. The van der Waals surface area contributed by atoms with Crippen molar-refractivity contribution in [3.63, 3.8) is 0 Å². The van der Waals surface area contributed by atoms with Crippen molar-refractivity contribution in [1.82, 2.24) is 10.3 Å². The van der Waals surface area contributed by atoms with Gasteiger partial charge in [-0.3, -0.25) is 9.59 Å². The highest BCUT2D eigenvalue weighted by molar-refractivity contribution is 5.97. The van der Waals surface area contributed by atoms with Crippen LogP contribution in [0.15, 0.2) is 35.9 Å². The molecule has 0 radical (unpaired) electrons. The number of aliphatic hydroxyl groups is 2. The Morgan fingerprint density at radius 2 is 1.82 bits per heavy atom. The molecule has 1 spiro atoms. The van der Waals surface area contributed by atoms with Gasteiger partial charge in [0.25, 0.3) is 0 Å². The van der Waals surface area contributed by atoms with Crippen LogP contribution in [0.2, 0.25) is 0 Å². The van der Waals surface area contributed by atoms with Gasteiger partial charge in [-0.1, -0.05) is 51.3 Å². The summed E-state index contributed by atoms with van der Waals surface area (Å²) in [6, 6.07) is 8.34. The first-order valence-corrected chi connectivity index (χ1v) is 16.8. The zero-order valence-corrected chi connectivity index (χ0v) is 26.8. The maximum absolute atomic E-state index is 13.6. The molecule has 1 aromatic heterocycles. The van der Waals surface area contributed by atoms with E-state index >= 15 is 0 Å². The van der Waals surface area contributed by atoms with Crippen molar-refractivity contribution >= 4 is 22.6 Å². The molecule has 1 unspecified atom stereocenters. The van der Waals surface area contributed by atoms with E-state index in [2.05, 4.69) is 42.3 Å². The molecular formula is C36H46N2O7. The lowest BCUT2D eigenvalue weighted by Crippen LogP contribution is -2.75. The first-order chi connectivity index (χ1) is 21.3. The number of para-hydroxylation sites is 1. The Hall–Kier alpha value is -2.56. The number of aromatic nitrogens is 1. The highest BCUT2D eigenvalue weighted by Gasteiger charge is 2.78. The second-order valence-corrected chi connectivity index (χ2v) is 15.7. The number of hydrogen-bond donors (Lipinski definition) is 4. The molecular weight excluding hydrogens is 572 g/mol. The zero-order valence-electron chi connectivity index (χ0n) is 26.8. The molecule has 4 fully saturated rings. The Bertz CT molecular complexity index is 1620. The number of ketones is 1. The Kier molecular flexibility index (Phi) is 6.30. The number of benzene rings is 1. The van der Waals surface area contributed by atoms with Crippen LogP contribution in [0.4, 0.5) is 0 Å². The Labute approximate surface area is 264 Å². The molecule has 1 saturated heterocycles. The molecule has 2 bridgehead atoms. The first-order valence-electron chi connectivity index (χ1n) is 16.8. The molecule has 4 N–H and O–H groups in total. The minimum absolute atomic E-state index is 0.133. The van der Waals surface area contributed by atoms with Gasteiger partial charge < -0.3 is 34.7 Å². The number of amides is 1. The van der Waals surface area contributed by atoms with Gasteiger partial charge in [-0.2, -0.15) is 0 Å². The lowest BCUT2D eigenvalue weighted by atomic mass is 9.41. The third-order valence-electron chi connectivity index (χ3n) is 13.1. The molecule has 4 aliphatic carbocycles. The summed E-state index contributed by atoms with van der Waals surface area (Å²) < 4.78 is 19.6. The number of fused-ring (bicyclic) bond motifs is 9. The van der Waals surface area contributed by atoms with E-state index < -0.39 is 45.6 Å². The van der Waals surface area contributed by atoms with Crippen LogP contribution < -0.4 is 5.32 Å². The Morgan fingerprint density at radius 1 is 1.07 bits per heavy atom. The SMILES string of the molecule is CC1(C)OC23CC[C@]4(C)[C@@]5(C)c6[nH]c7ccccc7c6C[C@@H]5C[C@H](OCC(=O)NCC5(O)CCCCC5)[C@@]4(O)C2=CC(=O)[C@@H]1O3. The van der Waals surface area contributed by atoms with Crippen molar-refractivity contribution in [2.45, 2.75) is 126 Å². The zero-order chi connectivity index (χ0) is 31.6. The molecule has 9 nitrogen and oxygen atoms in total. The summed E-state index contributed by atoms with van der Waals surface area (Å²) >= 11 is 0.